The summed E-state index contributed by atoms with van der Waals surface area (Å²) in [5.41, 5.74) is 2.90. The van der Waals surface area contributed by atoms with Crippen LogP contribution < -0.4 is 14.4 Å². The Morgan fingerprint density at radius 1 is 1.14 bits per heavy atom. The molecule has 3 rings (SSSR count). The van der Waals surface area contributed by atoms with Gasteiger partial charge in [0.15, 0.2) is 0 Å². The number of sulfonamides is 1. The standard InChI is InChI=1S/C22H28N2O4S/c1-16-10-11-19(14-20(16)24-12-6-7-13-29(24,26)27)22(25)23-18(3)15-28-21-9-5-4-8-17(21)2/h4-5,8-11,14,18H,6-7,12-13,15H2,1-3H3,(H,23,25)/t18-/m0/s1. The van der Waals surface area contributed by atoms with E-state index in [0.29, 0.717) is 30.8 Å². The normalized spacial score (nSPS) is 16.9. The Hall–Kier alpha value is -2.54. The Morgan fingerprint density at radius 3 is 2.62 bits per heavy atom. The van der Waals surface area contributed by atoms with E-state index in [1.54, 1.807) is 18.2 Å². The number of ether oxygens (including phenoxy) is 1. The molecule has 1 amide bonds. The monoisotopic (exact) mass is 416 g/mol. The lowest BCUT2D eigenvalue weighted by Crippen LogP contribution is -2.39. The van der Waals surface area contributed by atoms with Gasteiger partial charge in [0.1, 0.15) is 12.4 Å². The number of rotatable bonds is 6. The predicted octanol–water partition coefficient (Wildman–Crippen LogP) is 3.43. The van der Waals surface area contributed by atoms with Gasteiger partial charge in [-0.15, -0.1) is 0 Å². The quantitative estimate of drug-likeness (QED) is 0.783. The number of aryl methyl sites for hydroxylation is 2. The van der Waals surface area contributed by atoms with Gasteiger partial charge in [0.05, 0.1) is 17.5 Å². The highest BCUT2D eigenvalue weighted by Crippen LogP contribution is 2.28. The first-order valence-electron chi connectivity index (χ1n) is 9.88. The SMILES string of the molecule is Cc1ccccc1OC[C@H](C)NC(=O)c1ccc(C)c(N2CCCCS2(=O)=O)c1. The first kappa shape index (κ1) is 21.2. The van der Waals surface area contributed by atoms with E-state index in [1.165, 1.54) is 4.31 Å². The van der Waals surface area contributed by atoms with Gasteiger partial charge in [0.25, 0.3) is 5.91 Å². The van der Waals surface area contributed by atoms with Crippen molar-refractivity contribution in [3.8, 4) is 5.75 Å². The zero-order chi connectivity index (χ0) is 21.0. The van der Waals surface area contributed by atoms with Crippen LogP contribution in [0.4, 0.5) is 5.69 Å². The fraction of sp³-hybridized carbons (Fsp3) is 0.409. The van der Waals surface area contributed by atoms with Crippen LogP contribution in [0.2, 0.25) is 0 Å². The van der Waals surface area contributed by atoms with Gasteiger partial charge in [0.2, 0.25) is 10.0 Å². The van der Waals surface area contributed by atoms with Crippen LogP contribution in [0.15, 0.2) is 42.5 Å². The van der Waals surface area contributed by atoms with E-state index in [2.05, 4.69) is 5.32 Å². The van der Waals surface area contributed by atoms with Gasteiger partial charge >= 0.3 is 0 Å². The van der Waals surface area contributed by atoms with Crippen molar-refractivity contribution in [3.63, 3.8) is 0 Å². The highest BCUT2D eigenvalue weighted by atomic mass is 32.2. The number of hydrogen-bond donors (Lipinski definition) is 1. The van der Waals surface area contributed by atoms with Crippen LogP contribution in [0.3, 0.4) is 0 Å². The van der Waals surface area contributed by atoms with E-state index in [1.807, 2.05) is 45.0 Å². The number of amides is 1. The molecule has 0 aromatic heterocycles. The maximum absolute atomic E-state index is 12.7. The van der Waals surface area contributed by atoms with Crippen LogP contribution >= 0.6 is 0 Å². The maximum Gasteiger partial charge on any atom is 0.251 e. The molecule has 6 nitrogen and oxygen atoms in total. The molecule has 1 saturated heterocycles. The summed E-state index contributed by atoms with van der Waals surface area (Å²) in [6.45, 7) is 6.51. The van der Waals surface area contributed by atoms with Crippen LogP contribution in [-0.4, -0.2) is 39.3 Å². The van der Waals surface area contributed by atoms with Crippen LogP contribution in [0.1, 0.15) is 41.3 Å². The molecule has 1 atom stereocenters. The summed E-state index contributed by atoms with van der Waals surface area (Å²) in [6.07, 6.45) is 1.50. The lowest BCUT2D eigenvalue weighted by molar-refractivity contribution is 0.0926. The molecule has 0 bridgehead atoms. The number of hydrogen-bond acceptors (Lipinski definition) is 4. The van der Waals surface area contributed by atoms with Crippen LogP contribution in [0.25, 0.3) is 0 Å². The van der Waals surface area contributed by atoms with Gasteiger partial charge in [0, 0.05) is 12.1 Å². The zero-order valence-electron chi connectivity index (χ0n) is 17.1. The molecule has 2 aromatic rings. The Balaban J connectivity index is 1.68. The third-order valence-corrected chi connectivity index (χ3v) is 6.90. The van der Waals surface area contributed by atoms with E-state index >= 15 is 0 Å². The van der Waals surface area contributed by atoms with Crippen molar-refractivity contribution in [2.75, 3.05) is 23.2 Å². The average molecular weight is 417 g/mol. The smallest absolute Gasteiger partial charge is 0.251 e. The van der Waals surface area contributed by atoms with Gasteiger partial charge in [-0.05, 0) is 62.9 Å². The molecule has 29 heavy (non-hydrogen) atoms. The van der Waals surface area contributed by atoms with Gasteiger partial charge in [-0.25, -0.2) is 8.42 Å². The van der Waals surface area contributed by atoms with Gasteiger partial charge in [-0.2, -0.15) is 0 Å². The fourth-order valence-corrected chi connectivity index (χ4v) is 5.05. The molecule has 0 saturated carbocycles. The van der Waals surface area contributed by atoms with E-state index in [-0.39, 0.29) is 17.7 Å². The van der Waals surface area contributed by atoms with E-state index in [9.17, 15) is 13.2 Å². The number of para-hydroxylation sites is 1. The minimum atomic E-state index is -3.33. The molecule has 1 aliphatic heterocycles. The third-order valence-electron chi connectivity index (χ3n) is 5.05. The summed E-state index contributed by atoms with van der Waals surface area (Å²) >= 11 is 0. The number of nitrogens with zero attached hydrogens (tertiary/aromatic N) is 1. The van der Waals surface area contributed by atoms with Gasteiger partial charge in [-0.1, -0.05) is 24.3 Å². The minimum Gasteiger partial charge on any atom is -0.491 e. The minimum absolute atomic E-state index is 0.149. The zero-order valence-corrected chi connectivity index (χ0v) is 18.0. The average Bonchev–Trinajstić information content (AvgIpc) is 2.67. The summed E-state index contributed by atoms with van der Waals surface area (Å²) in [4.78, 5) is 12.7. The summed E-state index contributed by atoms with van der Waals surface area (Å²) in [6, 6.07) is 12.7. The number of anilines is 1. The first-order chi connectivity index (χ1) is 13.8. The molecular weight excluding hydrogens is 388 g/mol. The number of nitrogens with one attached hydrogen (secondary N) is 1. The van der Waals surface area contributed by atoms with Crippen molar-refractivity contribution >= 4 is 21.6 Å². The summed E-state index contributed by atoms with van der Waals surface area (Å²) in [5.74, 6) is 0.693. The van der Waals surface area contributed by atoms with Crippen LogP contribution in [0, 0.1) is 13.8 Å². The number of carbonyl (C=O) groups excluding carboxylic acids is 1. The second-order valence-corrected chi connectivity index (χ2v) is 9.56. The molecule has 7 heteroatoms. The molecule has 1 N–H and O–H groups in total. The van der Waals surface area contributed by atoms with E-state index in [4.69, 9.17) is 4.74 Å². The van der Waals surface area contributed by atoms with E-state index < -0.39 is 10.0 Å². The van der Waals surface area contributed by atoms with Crippen molar-refractivity contribution in [3.05, 3.63) is 59.2 Å². The lowest BCUT2D eigenvalue weighted by Gasteiger charge is -2.29. The van der Waals surface area contributed by atoms with E-state index in [0.717, 1.165) is 23.3 Å². The Kier molecular flexibility index (Phi) is 6.47. The van der Waals surface area contributed by atoms with Crippen molar-refractivity contribution in [1.82, 2.24) is 5.32 Å². The Bertz CT molecular complexity index is 988. The summed E-state index contributed by atoms with van der Waals surface area (Å²) in [7, 11) is -3.33. The number of benzene rings is 2. The lowest BCUT2D eigenvalue weighted by atomic mass is 10.1. The molecule has 0 radical (unpaired) electrons. The molecule has 156 valence electrons. The summed E-state index contributed by atoms with van der Waals surface area (Å²) in [5, 5.41) is 2.92. The van der Waals surface area contributed by atoms with Gasteiger partial charge < -0.3 is 10.1 Å². The highest BCUT2D eigenvalue weighted by molar-refractivity contribution is 7.92. The molecule has 2 aromatic carbocycles. The third kappa shape index (κ3) is 5.09. The van der Waals surface area contributed by atoms with Crippen LogP contribution in [0.5, 0.6) is 5.75 Å². The largest absolute Gasteiger partial charge is 0.491 e. The van der Waals surface area contributed by atoms with Gasteiger partial charge in [-0.3, -0.25) is 9.10 Å². The van der Waals surface area contributed by atoms with Crippen molar-refractivity contribution < 1.29 is 17.9 Å². The highest BCUT2D eigenvalue weighted by Gasteiger charge is 2.27. The van der Waals surface area contributed by atoms with Crippen LogP contribution in [-0.2, 0) is 10.0 Å². The topological polar surface area (TPSA) is 75.7 Å². The molecule has 0 unspecified atom stereocenters. The second kappa shape index (κ2) is 8.86. The summed E-state index contributed by atoms with van der Waals surface area (Å²) < 4.78 is 32.1. The van der Waals surface area contributed by atoms with Crippen molar-refractivity contribution in [1.29, 1.82) is 0 Å². The molecule has 1 heterocycles. The predicted molar refractivity (Wildman–Crippen MR) is 115 cm³/mol. The molecular formula is C22H28N2O4S. The second-order valence-electron chi connectivity index (χ2n) is 7.55. The Labute approximate surface area is 172 Å². The van der Waals surface area contributed by atoms with Crippen molar-refractivity contribution in [2.24, 2.45) is 0 Å². The molecule has 1 fully saturated rings. The maximum atomic E-state index is 12.7. The molecule has 0 spiro atoms. The fourth-order valence-electron chi connectivity index (χ4n) is 3.36. The number of carbonyl (C=O) groups is 1. The Morgan fingerprint density at radius 2 is 1.90 bits per heavy atom. The molecule has 0 aliphatic carbocycles. The first-order valence-corrected chi connectivity index (χ1v) is 11.5. The molecule has 1 aliphatic rings. The van der Waals surface area contributed by atoms with Crippen molar-refractivity contribution in [2.45, 2.75) is 39.7 Å².